The van der Waals surface area contributed by atoms with Gasteiger partial charge in [-0.15, -0.1) is 6.42 Å². The second-order valence-corrected chi connectivity index (χ2v) is 6.88. The van der Waals surface area contributed by atoms with Gasteiger partial charge in [0.05, 0.1) is 6.21 Å². The summed E-state index contributed by atoms with van der Waals surface area (Å²) in [6.45, 7) is 0.122. The fraction of sp³-hybridized carbons (Fsp3) is 0.150. The van der Waals surface area contributed by atoms with Crippen LogP contribution in [0.2, 0.25) is 5.02 Å². The molecule has 0 aliphatic heterocycles. The highest BCUT2D eigenvalue weighted by molar-refractivity contribution is 9.10. The van der Waals surface area contributed by atoms with E-state index >= 15 is 0 Å². The second kappa shape index (κ2) is 11.1. The summed E-state index contributed by atoms with van der Waals surface area (Å²) in [5.74, 6) is 2.24. The Balaban J connectivity index is 1.83. The number of carbonyl (C=O) groups excluding carboxylic acids is 2. The highest BCUT2D eigenvalue weighted by Crippen LogP contribution is 2.21. The highest BCUT2D eigenvalue weighted by atomic mass is 79.9. The van der Waals surface area contributed by atoms with Crippen molar-refractivity contribution in [2.24, 2.45) is 5.10 Å². The third kappa shape index (κ3) is 7.43. The van der Waals surface area contributed by atoms with Crippen molar-refractivity contribution in [2.45, 2.75) is 12.8 Å². The molecule has 28 heavy (non-hydrogen) atoms. The highest BCUT2D eigenvalue weighted by Gasteiger charge is 2.07. The van der Waals surface area contributed by atoms with Crippen LogP contribution in [0.5, 0.6) is 5.75 Å². The molecule has 0 bridgehead atoms. The predicted molar refractivity (Wildman–Crippen MR) is 114 cm³/mol. The van der Waals surface area contributed by atoms with E-state index in [0.717, 1.165) is 4.47 Å². The number of carbonyl (C=O) groups is 2. The molecule has 2 aromatic carbocycles. The number of anilines is 1. The molecule has 0 aliphatic carbocycles. The van der Waals surface area contributed by atoms with Gasteiger partial charge >= 0.3 is 0 Å². The molecule has 2 rings (SSSR count). The lowest BCUT2D eigenvalue weighted by Crippen LogP contribution is -2.20. The van der Waals surface area contributed by atoms with Gasteiger partial charge in [-0.2, -0.15) is 5.10 Å². The molecule has 2 amide bonds. The summed E-state index contributed by atoms with van der Waals surface area (Å²) in [4.78, 5) is 23.8. The van der Waals surface area contributed by atoms with E-state index in [1.54, 1.807) is 42.5 Å². The van der Waals surface area contributed by atoms with Crippen molar-refractivity contribution in [1.29, 1.82) is 0 Å². The number of terminal acetylenes is 1. The van der Waals surface area contributed by atoms with Crippen molar-refractivity contribution >= 4 is 51.2 Å². The molecule has 0 atom stereocenters. The van der Waals surface area contributed by atoms with Crippen molar-refractivity contribution in [1.82, 2.24) is 5.43 Å². The Morgan fingerprint density at radius 2 is 2.00 bits per heavy atom. The number of nitrogens with zero attached hydrogens (tertiary/aromatic N) is 1. The molecule has 0 aromatic heterocycles. The molecule has 0 fully saturated rings. The van der Waals surface area contributed by atoms with Crippen molar-refractivity contribution < 1.29 is 14.3 Å². The average molecular weight is 463 g/mol. The zero-order chi connectivity index (χ0) is 20.4. The molecule has 0 heterocycles. The van der Waals surface area contributed by atoms with E-state index in [9.17, 15) is 9.59 Å². The third-order valence-electron chi connectivity index (χ3n) is 3.36. The van der Waals surface area contributed by atoms with E-state index in [2.05, 4.69) is 37.7 Å². The number of ether oxygens (including phenoxy) is 1. The van der Waals surface area contributed by atoms with Crippen LogP contribution in [0, 0.1) is 12.3 Å². The number of hydrogen-bond donors (Lipinski definition) is 2. The quantitative estimate of drug-likeness (QED) is 0.354. The van der Waals surface area contributed by atoms with Crippen LogP contribution in [-0.2, 0) is 9.59 Å². The molecule has 0 radical (unpaired) electrons. The predicted octanol–water partition coefficient (Wildman–Crippen LogP) is 3.98. The van der Waals surface area contributed by atoms with Crippen LogP contribution in [0.3, 0.4) is 0 Å². The lowest BCUT2D eigenvalue weighted by molar-refractivity contribution is -0.124. The molecular formula is C20H17BrClN3O3. The minimum absolute atomic E-state index is 0.0112. The van der Waals surface area contributed by atoms with Gasteiger partial charge in [0.1, 0.15) is 12.4 Å². The van der Waals surface area contributed by atoms with Gasteiger partial charge in [-0.3, -0.25) is 9.59 Å². The minimum atomic E-state index is -0.390. The SMILES string of the molecule is C#CCOc1ccc(Br)cc1C=NNC(=O)CCC(=O)Nc1cccc(Cl)c1. The van der Waals surface area contributed by atoms with Crippen LogP contribution >= 0.6 is 27.5 Å². The smallest absolute Gasteiger partial charge is 0.240 e. The van der Waals surface area contributed by atoms with Gasteiger partial charge in [-0.05, 0) is 36.4 Å². The van der Waals surface area contributed by atoms with Gasteiger partial charge in [0.15, 0.2) is 0 Å². The van der Waals surface area contributed by atoms with E-state index in [-0.39, 0.29) is 25.4 Å². The average Bonchev–Trinajstić information content (AvgIpc) is 2.66. The first-order valence-corrected chi connectivity index (χ1v) is 9.38. The lowest BCUT2D eigenvalue weighted by atomic mass is 10.2. The maximum absolute atomic E-state index is 11.9. The van der Waals surface area contributed by atoms with Gasteiger partial charge in [-0.1, -0.05) is 39.5 Å². The van der Waals surface area contributed by atoms with Crippen molar-refractivity contribution in [3.63, 3.8) is 0 Å². The summed E-state index contributed by atoms with van der Waals surface area (Å²) in [5.41, 5.74) is 3.60. The Hall–Kier alpha value is -2.82. The summed E-state index contributed by atoms with van der Waals surface area (Å²) in [6, 6.07) is 12.1. The zero-order valence-electron chi connectivity index (χ0n) is 14.7. The van der Waals surface area contributed by atoms with Gasteiger partial charge < -0.3 is 10.1 Å². The molecular weight excluding hydrogens is 446 g/mol. The number of nitrogens with one attached hydrogen (secondary N) is 2. The molecule has 144 valence electrons. The third-order valence-corrected chi connectivity index (χ3v) is 4.09. The first kappa shape index (κ1) is 21.5. The molecule has 6 nitrogen and oxygen atoms in total. The molecule has 2 aromatic rings. The van der Waals surface area contributed by atoms with Gasteiger partial charge in [0.2, 0.25) is 11.8 Å². The van der Waals surface area contributed by atoms with Gasteiger partial charge in [0, 0.05) is 33.6 Å². The van der Waals surface area contributed by atoms with Crippen LogP contribution in [0.4, 0.5) is 5.69 Å². The van der Waals surface area contributed by atoms with Crippen LogP contribution < -0.4 is 15.5 Å². The number of rotatable bonds is 8. The number of halogens is 2. The van der Waals surface area contributed by atoms with Crippen molar-refractivity contribution in [2.75, 3.05) is 11.9 Å². The van der Waals surface area contributed by atoms with Crippen LogP contribution in [-0.4, -0.2) is 24.6 Å². The Kier molecular flexibility index (Phi) is 8.53. The lowest BCUT2D eigenvalue weighted by Gasteiger charge is -2.07. The van der Waals surface area contributed by atoms with E-state index < -0.39 is 5.91 Å². The number of benzene rings is 2. The Labute approximate surface area is 176 Å². The summed E-state index contributed by atoms with van der Waals surface area (Å²) in [7, 11) is 0. The fourth-order valence-corrected chi connectivity index (χ4v) is 2.69. The van der Waals surface area contributed by atoms with E-state index in [0.29, 0.717) is 22.0 Å². The van der Waals surface area contributed by atoms with Gasteiger partial charge in [-0.25, -0.2) is 5.43 Å². The maximum Gasteiger partial charge on any atom is 0.240 e. The van der Waals surface area contributed by atoms with E-state index in [1.807, 2.05) is 0 Å². The second-order valence-electron chi connectivity index (χ2n) is 5.53. The van der Waals surface area contributed by atoms with Crippen molar-refractivity contribution in [3.05, 3.63) is 57.5 Å². The molecule has 0 aliphatic rings. The van der Waals surface area contributed by atoms with Crippen molar-refractivity contribution in [3.8, 4) is 18.1 Å². The summed E-state index contributed by atoms with van der Waals surface area (Å²) >= 11 is 9.22. The Bertz CT molecular complexity index is 925. The first-order chi connectivity index (χ1) is 13.5. The van der Waals surface area contributed by atoms with Crippen LogP contribution in [0.1, 0.15) is 18.4 Å². The minimum Gasteiger partial charge on any atom is -0.480 e. The van der Waals surface area contributed by atoms with Gasteiger partial charge in [0.25, 0.3) is 0 Å². The number of hydrogen-bond acceptors (Lipinski definition) is 4. The van der Waals surface area contributed by atoms with E-state index in [1.165, 1.54) is 6.21 Å². The topological polar surface area (TPSA) is 79.8 Å². The summed E-state index contributed by atoms with van der Waals surface area (Å²) in [6.07, 6.45) is 6.64. The normalized spacial score (nSPS) is 10.3. The zero-order valence-corrected chi connectivity index (χ0v) is 17.1. The molecule has 0 saturated heterocycles. The maximum atomic E-state index is 11.9. The van der Waals surface area contributed by atoms with Crippen LogP contribution in [0.25, 0.3) is 0 Å². The van der Waals surface area contributed by atoms with Crippen LogP contribution in [0.15, 0.2) is 52.0 Å². The Morgan fingerprint density at radius 1 is 1.21 bits per heavy atom. The van der Waals surface area contributed by atoms with E-state index in [4.69, 9.17) is 22.8 Å². The standard InChI is InChI=1S/C20H17BrClN3O3/c1-2-10-28-18-7-6-15(21)11-14(18)13-23-25-20(27)9-8-19(26)24-17-5-3-4-16(22)12-17/h1,3-7,11-13H,8-10H2,(H,24,26)(H,25,27). The molecule has 0 unspecified atom stereocenters. The summed E-state index contributed by atoms with van der Waals surface area (Å²) < 4.78 is 6.24. The number of hydrazone groups is 1. The molecule has 0 saturated carbocycles. The monoisotopic (exact) mass is 461 g/mol. The first-order valence-electron chi connectivity index (χ1n) is 8.21. The molecule has 0 spiro atoms. The largest absolute Gasteiger partial charge is 0.480 e. The molecule has 2 N–H and O–H groups in total. The fourth-order valence-electron chi connectivity index (χ4n) is 2.12. The molecule has 8 heteroatoms. The Morgan fingerprint density at radius 3 is 2.75 bits per heavy atom. The summed E-state index contributed by atoms with van der Waals surface area (Å²) in [5, 5.41) is 7.09. The number of amides is 2.